The highest BCUT2D eigenvalue weighted by Gasteiger charge is 2.45. The number of urea groups is 1. The smallest absolute Gasteiger partial charge is 0.325 e. The summed E-state index contributed by atoms with van der Waals surface area (Å²) in [6.45, 7) is 10.3. The minimum atomic E-state index is -0.780. The van der Waals surface area contributed by atoms with Crippen molar-refractivity contribution in [3.8, 4) is 0 Å². The maximum absolute atomic E-state index is 12.4. The molecule has 3 rings (SSSR count). The molecule has 1 aliphatic rings. The van der Waals surface area contributed by atoms with Gasteiger partial charge in [0.15, 0.2) is 5.96 Å². The second kappa shape index (κ2) is 11.5. The Kier molecular flexibility index (Phi) is 9.35. The van der Waals surface area contributed by atoms with E-state index in [2.05, 4.69) is 57.2 Å². The Bertz CT molecular complexity index is 973. The number of imide groups is 1. The summed E-state index contributed by atoms with van der Waals surface area (Å²) in [6, 6.07) is 5.98. The highest BCUT2D eigenvalue weighted by molar-refractivity contribution is 14.0. The van der Waals surface area contributed by atoms with Crippen molar-refractivity contribution in [3.63, 3.8) is 0 Å². The fourth-order valence-electron chi connectivity index (χ4n) is 3.92. The lowest BCUT2D eigenvalue weighted by molar-refractivity contribution is -0.130. The van der Waals surface area contributed by atoms with Gasteiger partial charge in [-0.05, 0) is 57.2 Å². The zero-order valence-electron chi connectivity index (χ0n) is 19.4. The summed E-state index contributed by atoms with van der Waals surface area (Å²) in [5, 5.41) is 10.7. The molecule has 0 saturated carbocycles. The maximum atomic E-state index is 12.4. The second-order valence-corrected chi connectivity index (χ2v) is 8.17. The summed E-state index contributed by atoms with van der Waals surface area (Å²) in [5.74, 6) is 0.595. The topological polar surface area (TPSA) is 102 Å². The van der Waals surface area contributed by atoms with Gasteiger partial charge in [-0.2, -0.15) is 0 Å². The number of carbonyl (C=O) groups is 2. The molecular formula is C23H35IN6O2. The SMILES string of the molecule is CCNC(=NCCCN1C(=O)NC(C)(CC)C1=O)NCCc1c[nH]c2cccc(C)c12.I. The van der Waals surface area contributed by atoms with Crippen LogP contribution in [0.5, 0.6) is 0 Å². The van der Waals surface area contributed by atoms with Gasteiger partial charge < -0.3 is 20.9 Å². The normalized spacial score (nSPS) is 18.6. The van der Waals surface area contributed by atoms with Gasteiger partial charge >= 0.3 is 6.03 Å². The number of hydrogen-bond donors (Lipinski definition) is 4. The molecule has 0 aliphatic carbocycles. The van der Waals surface area contributed by atoms with E-state index in [4.69, 9.17) is 0 Å². The molecule has 0 bridgehead atoms. The predicted molar refractivity (Wildman–Crippen MR) is 140 cm³/mol. The molecule has 1 aromatic carbocycles. The van der Waals surface area contributed by atoms with E-state index >= 15 is 0 Å². The van der Waals surface area contributed by atoms with Gasteiger partial charge in [-0.25, -0.2) is 4.79 Å². The summed E-state index contributed by atoms with van der Waals surface area (Å²) in [6.07, 6.45) is 4.16. The van der Waals surface area contributed by atoms with Crippen molar-refractivity contribution < 1.29 is 9.59 Å². The number of carbonyl (C=O) groups excluding carboxylic acids is 2. The van der Waals surface area contributed by atoms with E-state index in [1.807, 2.05) is 13.8 Å². The van der Waals surface area contributed by atoms with Crippen LogP contribution >= 0.6 is 24.0 Å². The Morgan fingerprint density at radius 3 is 2.69 bits per heavy atom. The number of aryl methyl sites for hydroxylation is 1. The average molecular weight is 554 g/mol. The summed E-state index contributed by atoms with van der Waals surface area (Å²) >= 11 is 0. The standard InChI is InChI=1S/C23H34N6O2.HI/c1-5-23(4)20(30)29(22(31)28-23)14-8-12-25-21(24-6-2)26-13-11-17-15-27-18-10-7-9-16(3)19(17)18;/h7,9-10,15,27H,5-6,8,11-14H2,1-4H3,(H,28,31)(H2,24,25,26);1H. The number of benzene rings is 1. The molecule has 176 valence electrons. The van der Waals surface area contributed by atoms with Crippen LogP contribution in [0.25, 0.3) is 10.9 Å². The molecule has 32 heavy (non-hydrogen) atoms. The first-order valence-corrected chi connectivity index (χ1v) is 11.1. The number of H-pyrrole nitrogens is 1. The number of aliphatic imine (C=N–C) groups is 1. The number of guanidine groups is 1. The van der Waals surface area contributed by atoms with E-state index in [0.29, 0.717) is 25.9 Å². The molecule has 1 aliphatic heterocycles. The largest absolute Gasteiger partial charge is 0.361 e. The Morgan fingerprint density at radius 2 is 2.00 bits per heavy atom. The van der Waals surface area contributed by atoms with Crippen molar-refractivity contribution in [3.05, 3.63) is 35.5 Å². The van der Waals surface area contributed by atoms with Crippen molar-refractivity contribution in [2.24, 2.45) is 4.99 Å². The number of aromatic nitrogens is 1. The molecule has 3 amide bonds. The van der Waals surface area contributed by atoms with Crippen LogP contribution in [0.1, 0.15) is 44.7 Å². The van der Waals surface area contributed by atoms with Gasteiger partial charge in [0.2, 0.25) is 0 Å². The lowest BCUT2D eigenvalue weighted by atomic mass is 9.99. The van der Waals surface area contributed by atoms with Crippen LogP contribution in [-0.2, 0) is 11.2 Å². The summed E-state index contributed by atoms with van der Waals surface area (Å²) in [4.78, 5) is 33.8. The van der Waals surface area contributed by atoms with Gasteiger partial charge in [-0.3, -0.25) is 14.7 Å². The van der Waals surface area contributed by atoms with E-state index in [0.717, 1.165) is 31.0 Å². The van der Waals surface area contributed by atoms with Crippen molar-refractivity contribution in [1.29, 1.82) is 0 Å². The summed E-state index contributed by atoms with van der Waals surface area (Å²) in [5.41, 5.74) is 2.94. The van der Waals surface area contributed by atoms with Crippen LogP contribution in [0.15, 0.2) is 29.4 Å². The summed E-state index contributed by atoms with van der Waals surface area (Å²) < 4.78 is 0. The molecule has 0 radical (unpaired) electrons. The molecule has 8 nitrogen and oxygen atoms in total. The lowest BCUT2D eigenvalue weighted by Gasteiger charge is -2.19. The van der Waals surface area contributed by atoms with Gasteiger partial charge in [0.1, 0.15) is 5.54 Å². The van der Waals surface area contributed by atoms with Crippen LogP contribution in [0.2, 0.25) is 0 Å². The number of fused-ring (bicyclic) bond motifs is 1. The summed E-state index contributed by atoms with van der Waals surface area (Å²) in [7, 11) is 0. The zero-order chi connectivity index (χ0) is 22.4. The number of hydrogen-bond acceptors (Lipinski definition) is 3. The molecule has 1 aromatic heterocycles. The third-order valence-corrected chi connectivity index (χ3v) is 5.89. The molecule has 1 saturated heterocycles. The number of nitrogens with one attached hydrogen (secondary N) is 4. The Morgan fingerprint density at radius 1 is 1.22 bits per heavy atom. The zero-order valence-corrected chi connectivity index (χ0v) is 21.7. The lowest BCUT2D eigenvalue weighted by Crippen LogP contribution is -2.43. The van der Waals surface area contributed by atoms with E-state index in [-0.39, 0.29) is 35.9 Å². The van der Waals surface area contributed by atoms with Gasteiger partial charge in [0.25, 0.3) is 5.91 Å². The van der Waals surface area contributed by atoms with E-state index in [9.17, 15) is 9.59 Å². The number of rotatable bonds is 9. The molecule has 2 aromatic rings. The monoisotopic (exact) mass is 554 g/mol. The number of aromatic amines is 1. The number of halogens is 1. The molecule has 9 heteroatoms. The van der Waals surface area contributed by atoms with Gasteiger partial charge in [0, 0.05) is 43.3 Å². The van der Waals surface area contributed by atoms with E-state index < -0.39 is 5.54 Å². The highest BCUT2D eigenvalue weighted by Crippen LogP contribution is 2.22. The predicted octanol–water partition coefficient (Wildman–Crippen LogP) is 3.30. The van der Waals surface area contributed by atoms with Crippen LogP contribution < -0.4 is 16.0 Å². The fourth-order valence-corrected chi connectivity index (χ4v) is 3.92. The number of amides is 3. The van der Waals surface area contributed by atoms with Crippen LogP contribution in [-0.4, -0.2) is 59.5 Å². The quantitative estimate of drug-likeness (QED) is 0.126. The third kappa shape index (κ3) is 5.73. The first kappa shape index (κ1) is 26.0. The number of nitrogens with zero attached hydrogens (tertiary/aromatic N) is 2. The minimum absolute atomic E-state index is 0. The molecule has 2 heterocycles. The van der Waals surface area contributed by atoms with Gasteiger partial charge in [-0.15, -0.1) is 24.0 Å². The fraction of sp³-hybridized carbons (Fsp3) is 0.522. The second-order valence-electron chi connectivity index (χ2n) is 8.17. The molecule has 4 N–H and O–H groups in total. The molecular weight excluding hydrogens is 519 g/mol. The minimum Gasteiger partial charge on any atom is -0.361 e. The molecule has 1 unspecified atom stereocenters. The van der Waals surface area contributed by atoms with Crippen molar-refractivity contribution in [2.75, 3.05) is 26.2 Å². The molecule has 1 fully saturated rings. The third-order valence-electron chi connectivity index (χ3n) is 5.89. The van der Waals surface area contributed by atoms with Crippen LogP contribution in [0, 0.1) is 6.92 Å². The van der Waals surface area contributed by atoms with Crippen molar-refractivity contribution >= 4 is 52.8 Å². The van der Waals surface area contributed by atoms with Crippen molar-refractivity contribution in [1.82, 2.24) is 25.8 Å². The first-order chi connectivity index (χ1) is 14.9. The first-order valence-electron chi connectivity index (χ1n) is 11.1. The van der Waals surface area contributed by atoms with E-state index in [1.165, 1.54) is 21.4 Å². The Balaban J connectivity index is 0.00000363. The average Bonchev–Trinajstić information content (AvgIpc) is 3.26. The van der Waals surface area contributed by atoms with Crippen LogP contribution in [0.3, 0.4) is 0 Å². The van der Waals surface area contributed by atoms with Gasteiger partial charge in [0.05, 0.1) is 0 Å². The highest BCUT2D eigenvalue weighted by atomic mass is 127. The molecule has 1 atom stereocenters. The van der Waals surface area contributed by atoms with Crippen LogP contribution in [0.4, 0.5) is 4.79 Å². The Labute approximate surface area is 207 Å². The maximum Gasteiger partial charge on any atom is 0.325 e. The van der Waals surface area contributed by atoms with E-state index in [1.54, 1.807) is 6.92 Å². The Hall–Kier alpha value is -2.30. The van der Waals surface area contributed by atoms with Crippen molar-refractivity contribution in [2.45, 2.75) is 52.5 Å². The van der Waals surface area contributed by atoms with Gasteiger partial charge in [-0.1, -0.05) is 19.1 Å². The molecule has 0 spiro atoms.